The summed E-state index contributed by atoms with van der Waals surface area (Å²) in [6.07, 6.45) is 0.799. The van der Waals surface area contributed by atoms with E-state index in [0.717, 1.165) is 17.7 Å². The van der Waals surface area contributed by atoms with Gasteiger partial charge in [0.1, 0.15) is 5.82 Å². The summed E-state index contributed by atoms with van der Waals surface area (Å²) in [6.45, 7) is 2.34. The Morgan fingerprint density at radius 2 is 1.93 bits per heavy atom. The largest absolute Gasteiger partial charge is 0.334 e. The molecule has 3 amide bonds. The Balaban J connectivity index is 1.42. The number of likely N-dealkylation sites (tertiary alicyclic amines) is 1. The molecule has 2 aromatic rings. The van der Waals surface area contributed by atoms with Crippen molar-refractivity contribution in [3.8, 4) is 0 Å². The van der Waals surface area contributed by atoms with Crippen LogP contribution in [-0.4, -0.2) is 60.5 Å². The highest BCUT2D eigenvalue weighted by Gasteiger charge is 2.48. The first-order valence-electron chi connectivity index (χ1n) is 9.81. The fourth-order valence-corrected chi connectivity index (χ4v) is 4.21. The standard InChI is InChI=1S/C22H25FN4O2/c1-25-14-20(28)27(19-8-3-2-4-9-19)16-22(25)10-11-26(15-22)21(29)24-13-17-6-5-7-18(23)12-17/h2-9,12H,10-11,13-16H2,1H3,(H,24,29)/t22-/m1/s1. The number of halogens is 1. The maximum atomic E-state index is 13.3. The molecule has 152 valence electrons. The quantitative estimate of drug-likeness (QED) is 0.867. The lowest BCUT2D eigenvalue weighted by atomic mass is 9.92. The molecule has 2 fully saturated rings. The van der Waals surface area contributed by atoms with Crippen molar-refractivity contribution in [2.75, 3.05) is 38.1 Å². The monoisotopic (exact) mass is 396 g/mol. The number of hydrogen-bond donors (Lipinski definition) is 1. The molecule has 0 bridgehead atoms. The van der Waals surface area contributed by atoms with Crippen molar-refractivity contribution in [3.05, 3.63) is 66.0 Å². The number of piperazine rings is 1. The first kappa shape index (κ1) is 19.4. The van der Waals surface area contributed by atoms with Gasteiger partial charge < -0.3 is 15.1 Å². The predicted molar refractivity (Wildman–Crippen MR) is 109 cm³/mol. The Morgan fingerprint density at radius 1 is 1.14 bits per heavy atom. The molecule has 2 saturated heterocycles. The van der Waals surface area contributed by atoms with Crippen LogP contribution < -0.4 is 10.2 Å². The van der Waals surface area contributed by atoms with Crippen molar-refractivity contribution >= 4 is 17.6 Å². The lowest BCUT2D eigenvalue weighted by Crippen LogP contribution is -2.64. The molecule has 2 aromatic carbocycles. The highest BCUT2D eigenvalue weighted by Crippen LogP contribution is 2.33. The molecule has 2 aliphatic heterocycles. The van der Waals surface area contributed by atoms with Crippen LogP contribution in [-0.2, 0) is 11.3 Å². The Hall–Kier alpha value is -2.93. The molecule has 0 unspecified atom stereocenters. The first-order chi connectivity index (χ1) is 14.0. The zero-order valence-corrected chi connectivity index (χ0v) is 16.5. The van der Waals surface area contributed by atoms with Gasteiger partial charge in [0.2, 0.25) is 5.91 Å². The van der Waals surface area contributed by atoms with Crippen molar-refractivity contribution in [1.29, 1.82) is 0 Å². The molecule has 0 saturated carbocycles. The average Bonchev–Trinajstić information content (AvgIpc) is 3.15. The number of para-hydroxylation sites is 1. The summed E-state index contributed by atoms with van der Waals surface area (Å²) >= 11 is 0. The molecule has 0 radical (unpaired) electrons. The van der Waals surface area contributed by atoms with E-state index in [2.05, 4.69) is 10.2 Å². The molecule has 1 spiro atoms. The second kappa shape index (κ2) is 7.83. The Labute approximate surface area is 169 Å². The van der Waals surface area contributed by atoms with E-state index in [1.165, 1.54) is 12.1 Å². The minimum absolute atomic E-state index is 0.0679. The average molecular weight is 396 g/mol. The summed E-state index contributed by atoms with van der Waals surface area (Å²) in [7, 11) is 1.95. The lowest BCUT2D eigenvalue weighted by Gasteiger charge is -2.46. The van der Waals surface area contributed by atoms with Crippen molar-refractivity contribution in [2.24, 2.45) is 0 Å². The van der Waals surface area contributed by atoms with Gasteiger partial charge in [0, 0.05) is 31.9 Å². The number of carbonyl (C=O) groups excluding carboxylic acids is 2. The lowest BCUT2D eigenvalue weighted by molar-refractivity contribution is -0.123. The third-order valence-corrected chi connectivity index (χ3v) is 5.96. The molecule has 2 heterocycles. The minimum atomic E-state index is -0.314. The molecule has 0 aromatic heterocycles. The van der Waals surface area contributed by atoms with Crippen LogP contribution in [0.25, 0.3) is 0 Å². The number of benzene rings is 2. The number of amides is 3. The molecule has 7 heteroatoms. The Bertz CT molecular complexity index is 907. The zero-order chi connectivity index (χ0) is 20.4. The van der Waals surface area contributed by atoms with Crippen LogP contribution in [0.3, 0.4) is 0 Å². The molecule has 1 atom stereocenters. The summed E-state index contributed by atoms with van der Waals surface area (Å²) < 4.78 is 13.3. The van der Waals surface area contributed by atoms with Gasteiger partial charge in [-0.3, -0.25) is 9.69 Å². The maximum absolute atomic E-state index is 13.3. The van der Waals surface area contributed by atoms with Gasteiger partial charge in [0.05, 0.1) is 12.1 Å². The van der Waals surface area contributed by atoms with Crippen LogP contribution >= 0.6 is 0 Å². The summed E-state index contributed by atoms with van der Waals surface area (Å²) in [6, 6.07) is 15.7. The summed E-state index contributed by atoms with van der Waals surface area (Å²) in [5.41, 5.74) is 1.35. The maximum Gasteiger partial charge on any atom is 0.317 e. The topological polar surface area (TPSA) is 55.9 Å². The number of nitrogens with zero attached hydrogens (tertiary/aromatic N) is 3. The van der Waals surface area contributed by atoms with Crippen molar-refractivity contribution in [3.63, 3.8) is 0 Å². The van der Waals surface area contributed by atoms with Crippen LogP contribution in [0.2, 0.25) is 0 Å². The van der Waals surface area contributed by atoms with Crippen LogP contribution in [0.4, 0.5) is 14.9 Å². The second-order valence-electron chi connectivity index (χ2n) is 7.86. The molecule has 29 heavy (non-hydrogen) atoms. The number of anilines is 1. The van der Waals surface area contributed by atoms with Gasteiger partial charge in [0.25, 0.3) is 0 Å². The van der Waals surface area contributed by atoms with E-state index < -0.39 is 0 Å². The van der Waals surface area contributed by atoms with Crippen LogP contribution in [0.5, 0.6) is 0 Å². The molecular formula is C22H25FN4O2. The van der Waals surface area contributed by atoms with E-state index in [9.17, 15) is 14.0 Å². The minimum Gasteiger partial charge on any atom is -0.334 e. The number of rotatable bonds is 3. The third-order valence-electron chi connectivity index (χ3n) is 5.96. The highest BCUT2D eigenvalue weighted by atomic mass is 19.1. The fraction of sp³-hybridized carbons (Fsp3) is 0.364. The van der Waals surface area contributed by atoms with E-state index in [0.29, 0.717) is 26.2 Å². The number of hydrogen-bond acceptors (Lipinski definition) is 3. The van der Waals surface area contributed by atoms with Crippen molar-refractivity contribution < 1.29 is 14.0 Å². The Morgan fingerprint density at radius 3 is 2.69 bits per heavy atom. The Kier molecular flexibility index (Phi) is 5.24. The number of carbonyl (C=O) groups is 2. The smallest absolute Gasteiger partial charge is 0.317 e. The number of urea groups is 1. The predicted octanol–water partition coefficient (Wildman–Crippen LogP) is 2.46. The van der Waals surface area contributed by atoms with Gasteiger partial charge in [0.15, 0.2) is 0 Å². The molecular weight excluding hydrogens is 371 g/mol. The molecule has 0 aliphatic carbocycles. The van der Waals surface area contributed by atoms with Gasteiger partial charge in [-0.1, -0.05) is 30.3 Å². The summed E-state index contributed by atoms with van der Waals surface area (Å²) in [4.78, 5) is 31.0. The van der Waals surface area contributed by atoms with Gasteiger partial charge in [-0.2, -0.15) is 0 Å². The SMILES string of the molecule is CN1CC(=O)N(c2ccccc2)C[C@]12CCN(C(=O)NCc1cccc(F)c1)C2. The third kappa shape index (κ3) is 3.96. The van der Waals surface area contributed by atoms with Crippen molar-refractivity contribution in [1.82, 2.24) is 15.1 Å². The fourth-order valence-electron chi connectivity index (χ4n) is 4.21. The van der Waals surface area contributed by atoms with E-state index >= 15 is 0 Å². The van der Waals surface area contributed by atoms with Gasteiger partial charge in [-0.05, 0) is 43.3 Å². The highest BCUT2D eigenvalue weighted by molar-refractivity contribution is 5.96. The van der Waals surface area contributed by atoms with Crippen LogP contribution in [0.15, 0.2) is 54.6 Å². The van der Waals surface area contributed by atoms with Gasteiger partial charge in [-0.25, -0.2) is 9.18 Å². The van der Waals surface area contributed by atoms with Gasteiger partial charge in [-0.15, -0.1) is 0 Å². The van der Waals surface area contributed by atoms with Crippen LogP contribution in [0, 0.1) is 5.82 Å². The first-order valence-corrected chi connectivity index (χ1v) is 9.81. The van der Waals surface area contributed by atoms with E-state index in [1.807, 2.05) is 42.3 Å². The molecule has 4 rings (SSSR count). The number of likely N-dealkylation sites (N-methyl/N-ethyl adjacent to an activating group) is 1. The summed E-state index contributed by atoms with van der Waals surface area (Å²) in [5, 5.41) is 2.88. The van der Waals surface area contributed by atoms with Crippen molar-refractivity contribution in [2.45, 2.75) is 18.5 Å². The van der Waals surface area contributed by atoms with E-state index in [4.69, 9.17) is 0 Å². The van der Waals surface area contributed by atoms with E-state index in [1.54, 1.807) is 17.0 Å². The normalized spacial score (nSPS) is 22.3. The van der Waals surface area contributed by atoms with E-state index in [-0.39, 0.29) is 29.8 Å². The summed E-state index contributed by atoms with van der Waals surface area (Å²) in [5.74, 6) is -0.246. The second-order valence-corrected chi connectivity index (χ2v) is 7.86. The zero-order valence-electron chi connectivity index (χ0n) is 16.5. The molecule has 2 aliphatic rings. The van der Waals surface area contributed by atoms with Gasteiger partial charge >= 0.3 is 6.03 Å². The number of nitrogens with one attached hydrogen (secondary N) is 1. The molecule has 6 nitrogen and oxygen atoms in total. The van der Waals surface area contributed by atoms with Crippen LogP contribution in [0.1, 0.15) is 12.0 Å². The molecule has 1 N–H and O–H groups in total.